The Bertz CT molecular complexity index is 437. The highest BCUT2D eigenvalue weighted by Crippen LogP contribution is 2.20. The molecule has 21 heavy (non-hydrogen) atoms. The van der Waals surface area contributed by atoms with Crippen molar-refractivity contribution in [2.75, 3.05) is 31.6 Å². The normalized spacial score (nSPS) is 16.0. The molecule has 1 aliphatic heterocycles. The Hall–Kier alpha value is -1.55. The second-order valence-corrected chi connectivity index (χ2v) is 5.95. The number of nitrogens with zero attached hydrogens (tertiary/aromatic N) is 2. The lowest BCUT2D eigenvalue weighted by atomic mass is 10.1. The first-order valence-corrected chi connectivity index (χ1v) is 7.89. The molecule has 1 heterocycles. The van der Waals surface area contributed by atoms with Gasteiger partial charge in [-0.2, -0.15) is 0 Å². The van der Waals surface area contributed by atoms with Gasteiger partial charge in [0.2, 0.25) is 0 Å². The maximum atomic E-state index is 10.6. The molecule has 2 rings (SSSR count). The lowest BCUT2D eigenvalue weighted by Gasteiger charge is -2.23. The minimum atomic E-state index is -0.738. The smallest absolute Gasteiger partial charge is 0.304 e. The van der Waals surface area contributed by atoms with Crippen molar-refractivity contribution in [1.29, 1.82) is 0 Å². The Morgan fingerprint density at radius 3 is 2.33 bits per heavy atom. The molecule has 0 radical (unpaired) electrons. The third kappa shape index (κ3) is 5.38. The Morgan fingerprint density at radius 2 is 1.76 bits per heavy atom. The van der Waals surface area contributed by atoms with Crippen molar-refractivity contribution in [3.8, 4) is 0 Å². The molecule has 0 aromatic heterocycles. The summed E-state index contributed by atoms with van der Waals surface area (Å²) in [6.07, 6.45) is 5.48. The fourth-order valence-electron chi connectivity index (χ4n) is 2.82. The molecule has 4 heteroatoms. The minimum absolute atomic E-state index is 0.197. The number of carbonyl (C=O) groups is 1. The van der Waals surface area contributed by atoms with Crippen LogP contribution in [0.3, 0.4) is 0 Å². The standard InChI is InChI=1S/C17H26N2O2/c1-18(13-10-17(20)21)14-15-6-8-16(9-7-15)19-11-4-2-3-5-12-19/h6-9H,2-5,10-14H2,1H3,(H,20,21). The number of hydrogen-bond acceptors (Lipinski definition) is 3. The predicted octanol–water partition coefficient (Wildman–Crippen LogP) is 2.97. The summed E-state index contributed by atoms with van der Waals surface area (Å²) in [7, 11) is 1.96. The van der Waals surface area contributed by atoms with Gasteiger partial charge in [-0.15, -0.1) is 0 Å². The van der Waals surface area contributed by atoms with Gasteiger partial charge in [-0.1, -0.05) is 25.0 Å². The van der Waals surface area contributed by atoms with Gasteiger partial charge in [-0.05, 0) is 37.6 Å². The third-order valence-corrected chi connectivity index (χ3v) is 4.07. The molecule has 1 aliphatic rings. The number of anilines is 1. The van der Waals surface area contributed by atoms with Crippen LogP contribution < -0.4 is 4.90 Å². The van der Waals surface area contributed by atoms with Gasteiger partial charge in [0.1, 0.15) is 0 Å². The number of carboxylic acids is 1. The Morgan fingerprint density at radius 1 is 1.14 bits per heavy atom. The summed E-state index contributed by atoms with van der Waals surface area (Å²) < 4.78 is 0. The Labute approximate surface area is 127 Å². The van der Waals surface area contributed by atoms with Gasteiger partial charge in [-0.3, -0.25) is 4.79 Å². The zero-order valence-electron chi connectivity index (χ0n) is 12.9. The van der Waals surface area contributed by atoms with Crippen LogP contribution in [-0.2, 0) is 11.3 Å². The van der Waals surface area contributed by atoms with E-state index in [2.05, 4.69) is 34.1 Å². The van der Waals surface area contributed by atoms with Gasteiger partial charge in [0.15, 0.2) is 0 Å². The minimum Gasteiger partial charge on any atom is -0.481 e. The van der Waals surface area contributed by atoms with Gasteiger partial charge in [0, 0.05) is 31.9 Å². The quantitative estimate of drug-likeness (QED) is 0.875. The van der Waals surface area contributed by atoms with Crippen molar-refractivity contribution >= 4 is 11.7 Å². The van der Waals surface area contributed by atoms with Crippen molar-refractivity contribution in [2.45, 2.75) is 38.6 Å². The molecule has 0 aliphatic carbocycles. The van der Waals surface area contributed by atoms with E-state index in [0.717, 1.165) is 19.6 Å². The molecule has 116 valence electrons. The Kier molecular flexibility index (Phi) is 6.05. The van der Waals surface area contributed by atoms with Gasteiger partial charge in [-0.25, -0.2) is 0 Å². The zero-order valence-corrected chi connectivity index (χ0v) is 12.9. The highest BCUT2D eigenvalue weighted by atomic mass is 16.4. The summed E-state index contributed by atoms with van der Waals surface area (Å²) in [5.74, 6) is -0.738. The van der Waals surface area contributed by atoms with Gasteiger partial charge in [0.05, 0.1) is 6.42 Å². The molecule has 0 spiro atoms. The van der Waals surface area contributed by atoms with Crippen LogP contribution >= 0.6 is 0 Å². The Balaban J connectivity index is 1.87. The van der Waals surface area contributed by atoms with Crippen LogP contribution in [0.1, 0.15) is 37.7 Å². The molecule has 1 aromatic rings. The van der Waals surface area contributed by atoms with Crippen LogP contribution in [0.15, 0.2) is 24.3 Å². The van der Waals surface area contributed by atoms with Crippen LogP contribution in [0.25, 0.3) is 0 Å². The first-order chi connectivity index (χ1) is 10.1. The van der Waals surface area contributed by atoms with E-state index in [1.807, 2.05) is 7.05 Å². The van der Waals surface area contributed by atoms with Gasteiger partial charge in [0.25, 0.3) is 0 Å². The van der Waals surface area contributed by atoms with E-state index in [4.69, 9.17) is 5.11 Å². The summed E-state index contributed by atoms with van der Waals surface area (Å²) in [4.78, 5) is 15.1. The first-order valence-electron chi connectivity index (χ1n) is 7.89. The predicted molar refractivity (Wildman–Crippen MR) is 85.7 cm³/mol. The average molecular weight is 290 g/mol. The molecular weight excluding hydrogens is 264 g/mol. The lowest BCUT2D eigenvalue weighted by Crippen LogP contribution is -2.24. The van der Waals surface area contributed by atoms with Crippen LogP contribution in [0.2, 0.25) is 0 Å². The lowest BCUT2D eigenvalue weighted by molar-refractivity contribution is -0.137. The highest BCUT2D eigenvalue weighted by Gasteiger charge is 2.10. The van der Waals surface area contributed by atoms with Crippen molar-refractivity contribution < 1.29 is 9.90 Å². The summed E-state index contributed by atoms with van der Waals surface area (Å²) in [6.45, 7) is 3.71. The summed E-state index contributed by atoms with van der Waals surface area (Å²) in [5, 5.41) is 8.70. The summed E-state index contributed by atoms with van der Waals surface area (Å²) >= 11 is 0. The second kappa shape index (κ2) is 8.03. The molecule has 0 unspecified atom stereocenters. The van der Waals surface area contributed by atoms with Crippen LogP contribution in [0.4, 0.5) is 5.69 Å². The molecule has 1 fully saturated rings. The number of aliphatic carboxylic acids is 1. The molecular formula is C17H26N2O2. The monoisotopic (exact) mass is 290 g/mol. The zero-order chi connectivity index (χ0) is 15.1. The fourth-order valence-corrected chi connectivity index (χ4v) is 2.82. The molecule has 0 atom stereocenters. The van der Waals surface area contributed by atoms with Crippen molar-refractivity contribution in [2.24, 2.45) is 0 Å². The SMILES string of the molecule is CN(CCC(=O)O)Cc1ccc(N2CCCCCC2)cc1. The molecule has 0 amide bonds. The molecule has 0 saturated carbocycles. The van der Waals surface area contributed by atoms with E-state index >= 15 is 0 Å². The highest BCUT2D eigenvalue weighted by molar-refractivity contribution is 5.66. The van der Waals surface area contributed by atoms with E-state index in [1.54, 1.807) is 0 Å². The molecule has 0 bridgehead atoms. The molecule has 1 aromatic carbocycles. The summed E-state index contributed by atoms with van der Waals surface area (Å²) in [6, 6.07) is 8.73. The van der Waals surface area contributed by atoms with Crippen LogP contribution in [0.5, 0.6) is 0 Å². The van der Waals surface area contributed by atoms with Gasteiger partial charge >= 0.3 is 5.97 Å². The first kappa shape index (κ1) is 15.8. The van der Waals surface area contributed by atoms with Crippen LogP contribution in [-0.4, -0.2) is 42.7 Å². The van der Waals surface area contributed by atoms with E-state index in [1.165, 1.54) is 36.9 Å². The second-order valence-electron chi connectivity index (χ2n) is 5.95. The maximum Gasteiger partial charge on any atom is 0.304 e. The molecule has 4 nitrogen and oxygen atoms in total. The number of carboxylic acid groups (broad SMARTS) is 1. The van der Waals surface area contributed by atoms with E-state index in [9.17, 15) is 4.79 Å². The fraction of sp³-hybridized carbons (Fsp3) is 0.588. The topological polar surface area (TPSA) is 43.8 Å². The van der Waals surface area contributed by atoms with E-state index in [0.29, 0.717) is 6.54 Å². The van der Waals surface area contributed by atoms with Crippen molar-refractivity contribution in [3.63, 3.8) is 0 Å². The molecule has 1 saturated heterocycles. The summed E-state index contributed by atoms with van der Waals surface area (Å²) in [5.41, 5.74) is 2.55. The molecule has 1 N–H and O–H groups in total. The number of rotatable bonds is 6. The van der Waals surface area contributed by atoms with E-state index < -0.39 is 5.97 Å². The average Bonchev–Trinajstić information content (AvgIpc) is 2.75. The number of hydrogen-bond donors (Lipinski definition) is 1. The maximum absolute atomic E-state index is 10.6. The van der Waals surface area contributed by atoms with Crippen LogP contribution in [0, 0.1) is 0 Å². The van der Waals surface area contributed by atoms with Crippen molar-refractivity contribution in [3.05, 3.63) is 29.8 Å². The largest absolute Gasteiger partial charge is 0.481 e. The third-order valence-electron chi connectivity index (χ3n) is 4.07. The van der Waals surface area contributed by atoms with E-state index in [-0.39, 0.29) is 6.42 Å². The van der Waals surface area contributed by atoms with Crippen molar-refractivity contribution in [1.82, 2.24) is 4.90 Å². The van der Waals surface area contributed by atoms with Gasteiger partial charge < -0.3 is 14.9 Å². The number of benzene rings is 1.